The van der Waals surface area contributed by atoms with Crippen LogP contribution in [0.2, 0.25) is 0 Å². The number of likely N-dealkylation sites (tertiary alicyclic amines) is 1. The third-order valence-corrected chi connectivity index (χ3v) is 4.65. The van der Waals surface area contributed by atoms with Gasteiger partial charge >= 0.3 is 0 Å². The predicted octanol–water partition coefficient (Wildman–Crippen LogP) is 2.52. The number of hydrogen-bond donors (Lipinski definition) is 1. The fourth-order valence-corrected chi connectivity index (χ4v) is 3.16. The first-order chi connectivity index (χ1) is 9.99. The zero-order valence-corrected chi connectivity index (χ0v) is 13.3. The van der Waals surface area contributed by atoms with Crippen LogP contribution in [0.1, 0.15) is 31.4 Å². The topological polar surface area (TPSA) is 26.7 Å². The van der Waals surface area contributed by atoms with Crippen molar-refractivity contribution in [2.45, 2.75) is 31.9 Å². The van der Waals surface area contributed by atoms with Crippen molar-refractivity contribution < 1.29 is 9.50 Å². The van der Waals surface area contributed by atoms with E-state index in [1.54, 1.807) is 18.2 Å². The van der Waals surface area contributed by atoms with E-state index in [4.69, 9.17) is 0 Å². The molecule has 1 aromatic carbocycles. The first-order valence-electron chi connectivity index (χ1n) is 7.80. The second kappa shape index (κ2) is 7.34. The average molecular weight is 294 g/mol. The largest absolute Gasteiger partial charge is 0.388 e. The van der Waals surface area contributed by atoms with E-state index >= 15 is 0 Å². The fourth-order valence-electron chi connectivity index (χ4n) is 3.16. The zero-order valence-electron chi connectivity index (χ0n) is 13.3. The van der Waals surface area contributed by atoms with Crippen LogP contribution in [0.25, 0.3) is 0 Å². The van der Waals surface area contributed by atoms with Crippen LogP contribution in [0, 0.1) is 11.7 Å². The molecule has 1 saturated heterocycles. The zero-order chi connectivity index (χ0) is 15.4. The third-order valence-electron chi connectivity index (χ3n) is 4.65. The minimum absolute atomic E-state index is 0.00607. The van der Waals surface area contributed by atoms with Crippen LogP contribution in [0.3, 0.4) is 0 Å². The van der Waals surface area contributed by atoms with E-state index in [0.29, 0.717) is 11.6 Å². The lowest BCUT2D eigenvalue weighted by molar-refractivity contribution is 0.0669. The van der Waals surface area contributed by atoms with Crippen LogP contribution in [0.4, 0.5) is 4.39 Å². The van der Waals surface area contributed by atoms with Crippen molar-refractivity contribution in [2.75, 3.05) is 33.7 Å². The molecule has 0 radical (unpaired) electrons. The van der Waals surface area contributed by atoms with Gasteiger partial charge < -0.3 is 14.9 Å². The van der Waals surface area contributed by atoms with Gasteiger partial charge in [0, 0.05) is 18.2 Å². The van der Waals surface area contributed by atoms with Crippen molar-refractivity contribution in [3.05, 3.63) is 35.6 Å². The molecule has 0 amide bonds. The highest BCUT2D eigenvalue weighted by molar-refractivity contribution is 5.20. The van der Waals surface area contributed by atoms with Gasteiger partial charge in [0.25, 0.3) is 0 Å². The maximum absolute atomic E-state index is 13.8. The summed E-state index contributed by atoms with van der Waals surface area (Å²) in [6.07, 6.45) is 1.57. The molecule has 1 fully saturated rings. The highest BCUT2D eigenvalue weighted by Crippen LogP contribution is 2.26. The molecular formula is C17H27FN2O. The van der Waals surface area contributed by atoms with Gasteiger partial charge in [-0.2, -0.15) is 0 Å². The molecule has 1 N–H and O–H groups in total. The highest BCUT2D eigenvalue weighted by atomic mass is 19.1. The van der Waals surface area contributed by atoms with Gasteiger partial charge in [-0.25, -0.2) is 4.39 Å². The molecule has 2 unspecified atom stereocenters. The lowest BCUT2D eigenvalue weighted by atomic mass is 9.95. The van der Waals surface area contributed by atoms with Gasteiger partial charge in [-0.05, 0) is 52.0 Å². The maximum atomic E-state index is 13.8. The summed E-state index contributed by atoms with van der Waals surface area (Å²) in [7, 11) is 4.27. The average Bonchev–Trinajstić information content (AvgIpc) is 2.47. The summed E-state index contributed by atoms with van der Waals surface area (Å²) in [6.45, 7) is 5.02. The van der Waals surface area contributed by atoms with Crippen molar-refractivity contribution in [1.29, 1.82) is 0 Å². The second-order valence-corrected chi connectivity index (χ2v) is 6.42. The number of halogens is 1. The number of rotatable bonds is 5. The molecule has 0 bridgehead atoms. The summed E-state index contributed by atoms with van der Waals surface area (Å²) in [5.74, 6) is -0.314. The van der Waals surface area contributed by atoms with E-state index in [9.17, 15) is 9.50 Å². The van der Waals surface area contributed by atoms with Gasteiger partial charge in [0.15, 0.2) is 0 Å². The Kier molecular flexibility index (Phi) is 5.73. The number of aliphatic hydroxyl groups excluding tert-OH is 1. The first kappa shape index (κ1) is 16.4. The van der Waals surface area contributed by atoms with E-state index in [2.05, 4.69) is 23.9 Å². The summed E-state index contributed by atoms with van der Waals surface area (Å²) in [5.41, 5.74) is 0.404. The molecule has 2 atom stereocenters. The minimum atomic E-state index is -0.750. The molecule has 1 aliphatic rings. The lowest BCUT2D eigenvalue weighted by Crippen LogP contribution is -2.43. The SMILES string of the molecule is CC(CN(C)C1CCN(C)CC1)C(O)c1ccccc1F. The monoisotopic (exact) mass is 294 g/mol. The van der Waals surface area contributed by atoms with Crippen LogP contribution in [-0.4, -0.2) is 54.7 Å². The second-order valence-electron chi connectivity index (χ2n) is 6.42. The van der Waals surface area contributed by atoms with E-state index in [0.717, 1.165) is 32.5 Å². The van der Waals surface area contributed by atoms with Crippen LogP contribution in [-0.2, 0) is 0 Å². The molecule has 21 heavy (non-hydrogen) atoms. The number of piperidine rings is 1. The van der Waals surface area contributed by atoms with Crippen LogP contribution in [0.15, 0.2) is 24.3 Å². The van der Waals surface area contributed by atoms with Gasteiger partial charge in [0.05, 0.1) is 6.10 Å². The first-order valence-corrected chi connectivity index (χ1v) is 7.80. The molecule has 1 aliphatic heterocycles. The molecule has 0 aromatic heterocycles. The molecule has 118 valence electrons. The van der Waals surface area contributed by atoms with Gasteiger partial charge in [0.1, 0.15) is 5.82 Å². The highest BCUT2D eigenvalue weighted by Gasteiger charge is 2.25. The van der Waals surface area contributed by atoms with Crippen molar-refractivity contribution >= 4 is 0 Å². The van der Waals surface area contributed by atoms with Gasteiger partial charge in [-0.1, -0.05) is 25.1 Å². The lowest BCUT2D eigenvalue weighted by Gasteiger charge is -2.37. The normalized spacial score (nSPS) is 20.7. The van der Waals surface area contributed by atoms with E-state index in [-0.39, 0.29) is 11.7 Å². The summed E-state index contributed by atoms with van der Waals surface area (Å²) in [6, 6.07) is 7.07. The standard InChI is InChI=1S/C17H27FN2O/c1-13(17(21)15-6-4-5-7-16(15)18)12-20(3)14-8-10-19(2)11-9-14/h4-7,13-14,17,21H,8-12H2,1-3H3. The molecule has 3 nitrogen and oxygen atoms in total. The Balaban J connectivity index is 1.91. The molecular weight excluding hydrogens is 267 g/mol. The molecule has 0 saturated carbocycles. The van der Waals surface area contributed by atoms with Gasteiger partial charge in [0.2, 0.25) is 0 Å². The van der Waals surface area contributed by atoms with E-state index < -0.39 is 6.10 Å². The van der Waals surface area contributed by atoms with Crippen molar-refractivity contribution in [3.8, 4) is 0 Å². The van der Waals surface area contributed by atoms with E-state index in [1.807, 2.05) is 6.92 Å². The van der Waals surface area contributed by atoms with Gasteiger partial charge in [-0.3, -0.25) is 0 Å². The Bertz CT molecular complexity index is 446. The van der Waals surface area contributed by atoms with Crippen molar-refractivity contribution in [3.63, 3.8) is 0 Å². The van der Waals surface area contributed by atoms with Crippen molar-refractivity contribution in [1.82, 2.24) is 9.80 Å². The Morgan fingerprint density at radius 1 is 1.33 bits per heavy atom. The van der Waals surface area contributed by atoms with Crippen LogP contribution < -0.4 is 0 Å². The molecule has 1 heterocycles. The quantitative estimate of drug-likeness (QED) is 0.904. The number of nitrogens with zero attached hydrogens (tertiary/aromatic N) is 2. The Morgan fingerprint density at radius 3 is 2.57 bits per heavy atom. The molecule has 0 spiro atoms. The van der Waals surface area contributed by atoms with E-state index in [1.165, 1.54) is 6.07 Å². The number of benzene rings is 1. The maximum Gasteiger partial charge on any atom is 0.129 e. The Hall–Kier alpha value is -0.970. The fraction of sp³-hybridized carbons (Fsp3) is 0.647. The summed E-state index contributed by atoms with van der Waals surface area (Å²) >= 11 is 0. The third kappa shape index (κ3) is 4.25. The summed E-state index contributed by atoms with van der Waals surface area (Å²) in [4.78, 5) is 4.67. The predicted molar refractivity (Wildman–Crippen MR) is 83.7 cm³/mol. The number of aliphatic hydroxyl groups is 1. The Labute approximate surface area is 127 Å². The van der Waals surface area contributed by atoms with Crippen LogP contribution in [0.5, 0.6) is 0 Å². The van der Waals surface area contributed by atoms with Crippen LogP contribution >= 0.6 is 0 Å². The Morgan fingerprint density at radius 2 is 1.95 bits per heavy atom. The van der Waals surface area contributed by atoms with Gasteiger partial charge in [-0.15, -0.1) is 0 Å². The molecule has 4 heteroatoms. The molecule has 0 aliphatic carbocycles. The summed E-state index contributed by atoms with van der Waals surface area (Å²) in [5, 5.41) is 10.4. The molecule has 2 rings (SSSR count). The minimum Gasteiger partial charge on any atom is -0.388 e. The van der Waals surface area contributed by atoms with Crippen molar-refractivity contribution in [2.24, 2.45) is 5.92 Å². The number of hydrogen-bond acceptors (Lipinski definition) is 3. The molecule has 1 aromatic rings. The smallest absolute Gasteiger partial charge is 0.129 e. The summed E-state index contributed by atoms with van der Waals surface area (Å²) < 4.78 is 13.8.